The van der Waals surface area contributed by atoms with Crippen molar-refractivity contribution >= 4 is 11.8 Å². The number of piperidine rings is 1. The van der Waals surface area contributed by atoms with Crippen molar-refractivity contribution in [2.75, 3.05) is 13.1 Å². The van der Waals surface area contributed by atoms with Gasteiger partial charge in [-0.2, -0.15) is 0 Å². The van der Waals surface area contributed by atoms with E-state index in [1.165, 1.54) is 5.06 Å². The van der Waals surface area contributed by atoms with Crippen molar-refractivity contribution in [2.45, 2.75) is 31.4 Å². The van der Waals surface area contributed by atoms with Crippen LogP contribution in [0.2, 0.25) is 0 Å². The lowest BCUT2D eigenvalue weighted by atomic mass is 9.88. The molecule has 26 heavy (non-hydrogen) atoms. The highest BCUT2D eigenvalue weighted by molar-refractivity contribution is 5.94. The quantitative estimate of drug-likeness (QED) is 0.855. The Balaban J connectivity index is 1.38. The van der Waals surface area contributed by atoms with Gasteiger partial charge >= 0.3 is 0 Å². The minimum atomic E-state index is -0.459. The number of carbonyl (C=O) groups excluding carboxylic acids is 2. The lowest BCUT2D eigenvalue weighted by molar-refractivity contribution is -0.213. The van der Waals surface area contributed by atoms with Crippen molar-refractivity contribution in [1.82, 2.24) is 9.96 Å². The first kappa shape index (κ1) is 16.8. The Morgan fingerprint density at radius 1 is 0.962 bits per heavy atom. The molecular weight excluding hydrogens is 328 g/mol. The van der Waals surface area contributed by atoms with Gasteiger partial charge in [-0.15, -0.1) is 0 Å². The standard InChI is InChI=1S/C21H22N2O3/c24-19-15-21(26-23(19)16-17-7-3-1-4-8-17)11-13-22(14-12-21)20(25)18-9-5-2-6-10-18/h1-10H,11-16H2. The molecule has 5 heteroatoms. The van der Waals surface area contributed by atoms with Crippen LogP contribution in [0.1, 0.15) is 35.2 Å². The van der Waals surface area contributed by atoms with Crippen LogP contribution in [0.5, 0.6) is 0 Å². The third-order valence-corrected chi connectivity index (χ3v) is 5.21. The van der Waals surface area contributed by atoms with Crippen LogP contribution in [0.25, 0.3) is 0 Å². The molecule has 2 amide bonds. The van der Waals surface area contributed by atoms with Crippen molar-refractivity contribution in [2.24, 2.45) is 0 Å². The number of carbonyl (C=O) groups is 2. The van der Waals surface area contributed by atoms with E-state index in [1.54, 1.807) is 0 Å². The van der Waals surface area contributed by atoms with E-state index in [0.717, 1.165) is 5.56 Å². The first-order valence-corrected chi connectivity index (χ1v) is 9.03. The molecule has 5 nitrogen and oxygen atoms in total. The molecule has 2 fully saturated rings. The number of hydrogen-bond acceptors (Lipinski definition) is 3. The van der Waals surface area contributed by atoms with Crippen LogP contribution in [0.3, 0.4) is 0 Å². The lowest BCUT2D eigenvalue weighted by Crippen LogP contribution is -2.47. The van der Waals surface area contributed by atoms with Gasteiger partial charge in [0.1, 0.15) is 5.60 Å². The molecular formula is C21H22N2O3. The Bertz CT molecular complexity index is 783. The third-order valence-electron chi connectivity index (χ3n) is 5.21. The molecule has 0 unspecified atom stereocenters. The molecule has 2 aliphatic heterocycles. The lowest BCUT2D eigenvalue weighted by Gasteiger charge is -2.37. The van der Waals surface area contributed by atoms with Crippen LogP contribution in [0, 0.1) is 0 Å². The summed E-state index contributed by atoms with van der Waals surface area (Å²) in [5.74, 6) is 0.0719. The van der Waals surface area contributed by atoms with Crippen LogP contribution in [-0.4, -0.2) is 40.5 Å². The topological polar surface area (TPSA) is 49.9 Å². The molecule has 134 valence electrons. The molecule has 0 N–H and O–H groups in total. The molecule has 2 aromatic rings. The van der Waals surface area contributed by atoms with Crippen LogP contribution in [0.15, 0.2) is 60.7 Å². The summed E-state index contributed by atoms with van der Waals surface area (Å²) in [4.78, 5) is 32.9. The average molecular weight is 350 g/mol. The van der Waals surface area contributed by atoms with Gasteiger partial charge in [-0.1, -0.05) is 48.5 Å². The minimum Gasteiger partial charge on any atom is -0.338 e. The minimum absolute atomic E-state index is 0.0247. The maximum Gasteiger partial charge on any atom is 0.253 e. The third kappa shape index (κ3) is 3.35. The van der Waals surface area contributed by atoms with Crippen molar-refractivity contribution < 1.29 is 14.4 Å². The Labute approximate surface area is 153 Å². The van der Waals surface area contributed by atoms with E-state index in [1.807, 2.05) is 65.6 Å². The predicted octanol–water partition coefficient (Wildman–Crippen LogP) is 3.03. The second-order valence-corrected chi connectivity index (χ2v) is 7.03. The summed E-state index contributed by atoms with van der Waals surface area (Å²) in [5.41, 5.74) is 1.30. The van der Waals surface area contributed by atoms with Gasteiger partial charge in [0.25, 0.3) is 5.91 Å². The number of benzene rings is 2. The van der Waals surface area contributed by atoms with E-state index in [2.05, 4.69) is 0 Å². The van der Waals surface area contributed by atoms with Crippen molar-refractivity contribution in [3.63, 3.8) is 0 Å². The molecule has 2 aromatic carbocycles. The molecule has 0 bridgehead atoms. The van der Waals surface area contributed by atoms with Gasteiger partial charge in [-0.05, 0) is 30.5 Å². The first-order valence-electron chi connectivity index (χ1n) is 9.03. The van der Waals surface area contributed by atoms with Gasteiger partial charge in [0, 0.05) is 18.7 Å². The molecule has 2 saturated heterocycles. The zero-order valence-electron chi connectivity index (χ0n) is 14.6. The molecule has 2 aliphatic rings. The normalized spacial score (nSPS) is 19.2. The van der Waals surface area contributed by atoms with E-state index < -0.39 is 5.60 Å². The van der Waals surface area contributed by atoms with Crippen molar-refractivity contribution in [3.05, 3.63) is 71.8 Å². The largest absolute Gasteiger partial charge is 0.338 e. The van der Waals surface area contributed by atoms with Gasteiger partial charge in [0.15, 0.2) is 0 Å². The number of rotatable bonds is 3. The molecule has 0 saturated carbocycles. The summed E-state index contributed by atoms with van der Waals surface area (Å²) in [6, 6.07) is 19.2. The summed E-state index contributed by atoms with van der Waals surface area (Å²) in [6.45, 7) is 1.69. The van der Waals surface area contributed by atoms with Gasteiger partial charge in [0.05, 0.1) is 13.0 Å². The number of amides is 2. The Hall–Kier alpha value is -2.66. The second kappa shape index (κ2) is 6.92. The zero-order chi connectivity index (χ0) is 18.0. The van der Waals surface area contributed by atoms with E-state index in [9.17, 15) is 9.59 Å². The SMILES string of the molecule is O=C(c1ccccc1)N1CCC2(CC1)CC(=O)N(Cc1ccccc1)O2. The number of nitrogens with zero attached hydrogens (tertiary/aromatic N) is 2. The van der Waals surface area contributed by atoms with Crippen molar-refractivity contribution in [3.8, 4) is 0 Å². The van der Waals surface area contributed by atoms with Gasteiger partial charge in [-0.3, -0.25) is 14.4 Å². The van der Waals surface area contributed by atoms with E-state index in [0.29, 0.717) is 44.5 Å². The van der Waals surface area contributed by atoms with Crippen molar-refractivity contribution in [1.29, 1.82) is 0 Å². The summed E-state index contributed by atoms with van der Waals surface area (Å²) >= 11 is 0. The molecule has 0 radical (unpaired) electrons. The van der Waals surface area contributed by atoms with Gasteiger partial charge in [0.2, 0.25) is 5.91 Å². The summed E-state index contributed by atoms with van der Waals surface area (Å²) in [5, 5.41) is 1.49. The van der Waals surface area contributed by atoms with Gasteiger partial charge < -0.3 is 4.90 Å². The Morgan fingerprint density at radius 3 is 2.23 bits per heavy atom. The zero-order valence-corrected chi connectivity index (χ0v) is 14.6. The summed E-state index contributed by atoms with van der Waals surface area (Å²) in [6.07, 6.45) is 1.76. The highest BCUT2D eigenvalue weighted by Gasteiger charge is 2.47. The van der Waals surface area contributed by atoms with Gasteiger partial charge in [-0.25, -0.2) is 5.06 Å². The first-order chi connectivity index (χ1) is 12.7. The van der Waals surface area contributed by atoms with E-state index in [-0.39, 0.29) is 11.8 Å². The average Bonchev–Trinajstić information content (AvgIpc) is 2.98. The van der Waals surface area contributed by atoms with Crippen LogP contribution < -0.4 is 0 Å². The molecule has 2 heterocycles. The van der Waals surface area contributed by atoms with Crippen LogP contribution >= 0.6 is 0 Å². The highest BCUT2D eigenvalue weighted by Crippen LogP contribution is 2.37. The fourth-order valence-corrected chi connectivity index (χ4v) is 3.70. The molecule has 0 atom stereocenters. The molecule has 0 aromatic heterocycles. The highest BCUT2D eigenvalue weighted by atomic mass is 16.7. The number of hydroxylamine groups is 2. The van der Waals surface area contributed by atoms with E-state index >= 15 is 0 Å². The number of likely N-dealkylation sites (tertiary alicyclic amines) is 1. The Morgan fingerprint density at radius 2 is 1.58 bits per heavy atom. The van der Waals surface area contributed by atoms with Crippen LogP contribution in [0.4, 0.5) is 0 Å². The Kier molecular flexibility index (Phi) is 4.47. The van der Waals surface area contributed by atoms with Crippen LogP contribution in [-0.2, 0) is 16.2 Å². The van der Waals surface area contributed by atoms with E-state index in [4.69, 9.17) is 4.84 Å². The smallest absolute Gasteiger partial charge is 0.253 e. The maximum atomic E-state index is 12.6. The molecule has 0 aliphatic carbocycles. The predicted molar refractivity (Wildman–Crippen MR) is 97.0 cm³/mol. The summed E-state index contributed by atoms with van der Waals surface area (Å²) < 4.78 is 0. The molecule has 1 spiro atoms. The fraction of sp³-hybridized carbons (Fsp3) is 0.333. The monoisotopic (exact) mass is 350 g/mol. The number of hydrogen-bond donors (Lipinski definition) is 0. The second-order valence-electron chi connectivity index (χ2n) is 7.03. The molecule has 4 rings (SSSR count). The fourth-order valence-electron chi connectivity index (χ4n) is 3.70. The maximum absolute atomic E-state index is 12.6. The summed E-state index contributed by atoms with van der Waals surface area (Å²) in [7, 11) is 0.